The van der Waals surface area contributed by atoms with E-state index < -0.39 is 0 Å². The van der Waals surface area contributed by atoms with Crippen LogP contribution >= 0.6 is 0 Å². The van der Waals surface area contributed by atoms with E-state index in [1.165, 1.54) is 0 Å². The Morgan fingerprint density at radius 2 is 2.05 bits per heavy atom. The topological polar surface area (TPSA) is 60.1 Å². The second kappa shape index (κ2) is 5.94. The van der Waals surface area contributed by atoms with Crippen molar-refractivity contribution in [1.29, 1.82) is 0 Å². The molecule has 0 aromatic carbocycles. The van der Waals surface area contributed by atoms with Gasteiger partial charge in [-0.05, 0) is 46.2 Å². The lowest BCUT2D eigenvalue weighted by Crippen LogP contribution is -2.25. The van der Waals surface area contributed by atoms with Crippen molar-refractivity contribution in [2.75, 3.05) is 6.54 Å². The molecule has 0 bridgehead atoms. The second-order valence-corrected chi connectivity index (χ2v) is 5.09. The first-order chi connectivity index (χ1) is 9.47. The number of hydrogen-bond donors (Lipinski definition) is 1. The highest BCUT2D eigenvalue weighted by Crippen LogP contribution is 2.13. The van der Waals surface area contributed by atoms with Gasteiger partial charge in [-0.25, -0.2) is 0 Å². The Kier molecular flexibility index (Phi) is 4.27. The molecule has 108 valence electrons. The third-order valence-corrected chi connectivity index (χ3v) is 3.22. The van der Waals surface area contributed by atoms with Crippen LogP contribution in [0.5, 0.6) is 0 Å². The number of aromatic nitrogens is 2. The molecule has 0 aliphatic rings. The molecule has 0 atom stereocenters. The first-order valence-corrected chi connectivity index (χ1v) is 6.83. The zero-order valence-corrected chi connectivity index (χ0v) is 12.5. The van der Waals surface area contributed by atoms with Crippen molar-refractivity contribution < 1.29 is 9.21 Å². The van der Waals surface area contributed by atoms with E-state index in [2.05, 4.69) is 16.5 Å². The lowest BCUT2D eigenvalue weighted by Gasteiger charge is -2.06. The van der Waals surface area contributed by atoms with Crippen LogP contribution in [0.25, 0.3) is 0 Å². The minimum Gasteiger partial charge on any atom is -0.466 e. The van der Waals surface area contributed by atoms with Crippen LogP contribution in [0.1, 0.15) is 39.7 Å². The van der Waals surface area contributed by atoms with Crippen molar-refractivity contribution in [3.05, 3.63) is 40.6 Å². The van der Waals surface area contributed by atoms with Gasteiger partial charge in [0.15, 0.2) is 0 Å². The number of nitrogens with zero attached hydrogens (tertiary/aromatic N) is 2. The smallest absolute Gasteiger partial charge is 0.254 e. The first kappa shape index (κ1) is 14.4. The fourth-order valence-corrected chi connectivity index (χ4v) is 2.28. The number of hydrogen-bond acceptors (Lipinski definition) is 3. The molecule has 0 radical (unpaired) electrons. The van der Waals surface area contributed by atoms with Gasteiger partial charge in [0.05, 0.1) is 11.3 Å². The Morgan fingerprint density at radius 1 is 1.30 bits per heavy atom. The highest BCUT2D eigenvalue weighted by atomic mass is 16.3. The van der Waals surface area contributed by atoms with Crippen molar-refractivity contribution in [2.45, 2.75) is 40.7 Å². The fourth-order valence-electron chi connectivity index (χ4n) is 2.28. The summed E-state index contributed by atoms with van der Waals surface area (Å²) in [5.74, 6) is 1.35. The molecule has 0 spiro atoms. The van der Waals surface area contributed by atoms with E-state index in [0.717, 1.165) is 30.1 Å². The molecule has 20 heavy (non-hydrogen) atoms. The van der Waals surface area contributed by atoms with E-state index in [-0.39, 0.29) is 5.91 Å². The van der Waals surface area contributed by atoms with E-state index in [9.17, 15) is 4.79 Å². The first-order valence-electron chi connectivity index (χ1n) is 6.83. The zero-order valence-electron chi connectivity index (χ0n) is 12.5. The minimum absolute atomic E-state index is 0.0762. The number of furan rings is 1. The SMILES string of the molecule is Cc1cc(C)n(CCCNC(=O)c2cc(C)oc2C)n1. The Bertz CT molecular complexity index is 611. The van der Waals surface area contributed by atoms with Crippen molar-refractivity contribution in [3.63, 3.8) is 0 Å². The highest BCUT2D eigenvalue weighted by Gasteiger charge is 2.12. The van der Waals surface area contributed by atoms with Crippen LogP contribution in [0.3, 0.4) is 0 Å². The van der Waals surface area contributed by atoms with E-state index >= 15 is 0 Å². The Morgan fingerprint density at radius 3 is 2.60 bits per heavy atom. The molecule has 5 heteroatoms. The van der Waals surface area contributed by atoms with Gasteiger partial charge in [-0.1, -0.05) is 0 Å². The number of aryl methyl sites for hydroxylation is 5. The molecule has 1 N–H and O–H groups in total. The van der Waals surface area contributed by atoms with Crippen molar-refractivity contribution in [2.24, 2.45) is 0 Å². The zero-order chi connectivity index (χ0) is 14.7. The maximum atomic E-state index is 12.0. The lowest BCUT2D eigenvalue weighted by atomic mass is 10.2. The van der Waals surface area contributed by atoms with Gasteiger partial charge in [0.1, 0.15) is 11.5 Å². The Balaban J connectivity index is 1.80. The number of amides is 1. The molecule has 2 aromatic heterocycles. The van der Waals surface area contributed by atoms with E-state index in [1.54, 1.807) is 13.0 Å². The molecular formula is C15H21N3O2. The lowest BCUT2D eigenvalue weighted by molar-refractivity contribution is 0.0951. The van der Waals surface area contributed by atoms with Gasteiger partial charge >= 0.3 is 0 Å². The van der Waals surface area contributed by atoms with Crippen molar-refractivity contribution in [1.82, 2.24) is 15.1 Å². The standard InChI is InChI=1S/C15H21N3O2/c1-10-8-11(2)18(17-10)7-5-6-16-15(19)14-9-12(3)20-13(14)4/h8-9H,5-7H2,1-4H3,(H,16,19). The Labute approximate surface area is 119 Å². The van der Waals surface area contributed by atoms with Gasteiger partial charge in [0.2, 0.25) is 0 Å². The number of carbonyl (C=O) groups is 1. The summed E-state index contributed by atoms with van der Waals surface area (Å²) in [5.41, 5.74) is 2.79. The fraction of sp³-hybridized carbons (Fsp3) is 0.467. The molecule has 2 heterocycles. The third-order valence-electron chi connectivity index (χ3n) is 3.22. The quantitative estimate of drug-likeness (QED) is 0.853. The molecule has 1 amide bonds. The third kappa shape index (κ3) is 3.29. The van der Waals surface area contributed by atoms with Gasteiger partial charge < -0.3 is 9.73 Å². The van der Waals surface area contributed by atoms with Gasteiger partial charge in [-0.2, -0.15) is 5.10 Å². The van der Waals surface area contributed by atoms with Crippen LogP contribution in [-0.2, 0) is 6.54 Å². The summed E-state index contributed by atoms with van der Waals surface area (Å²) >= 11 is 0. The van der Waals surface area contributed by atoms with Crippen LogP contribution in [-0.4, -0.2) is 22.2 Å². The minimum atomic E-state index is -0.0762. The largest absolute Gasteiger partial charge is 0.466 e. The Hall–Kier alpha value is -2.04. The number of rotatable bonds is 5. The average molecular weight is 275 g/mol. The molecule has 2 aromatic rings. The molecule has 2 rings (SSSR count). The molecule has 0 fully saturated rings. The van der Waals surface area contributed by atoms with Gasteiger partial charge in [-0.3, -0.25) is 9.48 Å². The van der Waals surface area contributed by atoms with E-state index in [1.807, 2.05) is 25.5 Å². The number of carbonyl (C=O) groups excluding carboxylic acids is 1. The van der Waals surface area contributed by atoms with Gasteiger partial charge in [0.25, 0.3) is 5.91 Å². The van der Waals surface area contributed by atoms with Crippen LogP contribution in [0.15, 0.2) is 16.5 Å². The summed E-state index contributed by atoms with van der Waals surface area (Å²) in [6, 6.07) is 3.82. The van der Waals surface area contributed by atoms with Crippen LogP contribution in [0.4, 0.5) is 0 Å². The predicted octanol–water partition coefficient (Wildman–Crippen LogP) is 2.53. The van der Waals surface area contributed by atoms with Gasteiger partial charge in [0, 0.05) is 18.8 Å². The molecule has 0 unspecified atom stereocenters. The molecule has 5 nitrogen and oxygen atoms in total. The summed E-state index contributed by atoms with van der Waals surface area (Å²) < 4.78 is 7.32. The van der Waals surface area contributed by atoms with E-state index in [0.29, 0.717) is 17.9 Å². The predicted molar refractivity (Wildman–Crippen MR) is 76.8 cm³/mol. The summed E-state index contributed by atoms with van der Waals surface area (Å²) in [5, 5.41) is 7.30. The molecule has 0 saturated carbocycles. The van der Waals surface area contributed by atoms with Crippen LogP contribution in [0.2, 0.25) is 0 Å². The van der Waals surface area contributed by atoms with Crippen molar-refractivity contribution in [3.8, 4) is 0 Å². The monoisotopic (exact) mass is 275 g/mol. The summed E-state index contributed by atoms with van der Waals surface area (Å²) in [4.78, 5) is 12.0. The van der Waals surface area contributed by atoms with Crippen molar-refractivity contribution >= 4 is 5.91 Å². The highest BCUT2D eigenvalue weighted by molar-refractivity contribution is 5.95. The van der Waals surface area contributed by atoms with Crippen LogP contribution < -0.4 is 5.32 Å². The normalized spacial score (nSPS) is 10.8. The summed E-state index contributed by atoms with van der Waals surface area (Å²) in [6.45, 7) is 9.10. The number of nitrogens with one attached hydrogen (secondary N) is 1. The summed E-state index contributed by atoms with van der Waals surface area (Å²) in [7, 11) is 0. The average Bonchev–Trinajstić information content (AvgIpc) is 2.87. The summed E-state index contributed by atoms with van der Waals surface area (Å²) in [6.07, 6.45) is 0.851. The maximum Gasteiger partial charge on any atom is 0.254 e. The molecule has 0 aliphatic heterocycles. The molecular weight excluding hydrogens is 254 g/mol. The maximum absolute atomic E-state index is 12.0. The second-order valence-electron chi connectivity index (χ2n) is 5.09. The van der Waals surface area contributed by atoms with Gasteiger partial charge in [-0.15, -0.1) is 0 Å². The van der Waals surface area contributed by atoms with Crippen LogP contribution in [0, 0.1) is 27.7 Å². The molecule has 0 aliphatic carbocycles. The molecule has 0 saturated heterocycles. The van der Waals surface area contributed by atoms with E-state index in [4.69, 9.17) is 4.42 Å².